The minimum absolute atomic E-state index is 0.0305. The quantitative estimate of drug-likeness (QED) is 0.544. The number of benzene rings is 1. The Balaban J connectivity index is 1.71. The number of hydrogen-bond donors (Lipinski definition) is 0. The van der Waals surface area contributed by atoms with E-state index < -0.39 is 10.5 Å². The average molecular weight is 419 g/mol. The molecule has 0 radical (unpaired) electrons. The number of fused-ring (bicyclic) bond motifs is 1. The zero-order valence-electron chi connectivity index (χ0n) is 18.1. The number of nitrogens with zero attached hydrogens (tertiary/aromatic N) is 3. The highest BCUT2D eigenvalue weighted by atomic mass is 16.6. The lowest BCUT2D eigenvalue weighted by Crippen LogP contribution is -2.48. The van der Waals surface area contributed by atoms with Crippen molar-refractivity contribution in [3.63, 3.8) is 0 Å². The summed E-state index contributed by atoms with van der Waals surface area (Å²) in [7, 11) is 0. The van der Waals surface area contributed by atoms with Gasteiger partial charge >= 0.3 is 11.8 Å². The molecule has 0 atom stereocenters. The van der Waals surface area contributed by atoms with Crippen molar-refractivity contribution in [2.75, 3.05) is 13.1 Å². The Morgan fingerprint density at radius 1 is 1.23 bits per heavy atom. The van der Waals surface area contributed by atoms with Crippen molar-refractivity contribution in [2.24, 2.45) is 0 Å². The third kappa shape index (κ3) is 4.66. The van der Waals surface area contributed by atoms with Gasteiger partial charge in [-0.3, -0.25) is 14.9 Å². The van der Waals surface area contributed by atoms with E-state index in [1.165, 1.54) is 6.07 Å². The van der Waals surface area contributed by atoms with Gasteiger partial charge in [0.15, 0.2) is 5.75 Å². The largest absolute Gasteiger partial charge is 0.484 e. The van der Waals surface area contributed by atoms with Crippen LogP contribution in [0.3, 0.4) is 0 Å². The Morgan fingerprint density at radius 3 is 2.40 bits per heavy atom. The van der Waals surface area contributed by atoms with E-state index in [-0.39, 0.29) is 35.6 Å². The maximum absolute atomic E-state index is 13.0. The van der Waals surface area contributed by atoms with Gasteiger partial charge in [0.2, 0.25) is 0 Å². The lowest BCUT2D eigenvalue weighted by Gasteiger charge is -2.37. The van der Waals surface area contributed by atoms with Crippen molar-refractivity contribution in [1.29, 1.82) is 0 Å². The van der Waals surface area contributed by atoms with E-state index in [1.807, 2.05) is 20.8 Å². The van der Waals surface area contributed by atoms with Crippen molar-refractivity contribution >= 4 is 17.7 Å². The van der Waals surface area contributed by atoms with Gasteiger partial charge in [0.25, 0.3) is 5.91 Å². The van der Waals surface area contributed by atoms with Gasteiger partial charge in [0.1, 0.15) is 5.60 Å². The molecule has 164 valence electrons. The number of likely N-dealkylation sites (tertiary alicyclic amines) is 1. The Bertz CT molecular complexity index is 853. The zero-order valence-corrected chi connectivity index (χ0v) is 18.1. The molecule has 1 aromatic carbocycles. The molecular weight excluding hydrogens is 390 g/mol. The van der Waals surface area contributed by atoms with Crippen LogP contribution in [0.15, 0.2) is 12.1 Å². The number of amides is 2. The summed E-state index contributed by atoms with van der Waals surface area (Å²) in [5, 5.41) is 11.4. The summed E-state index contributed by atoms with van der Waals surface area (Å²) in [4.78, 5) is 39.6. The summed E-state index contributed by atoms with van der Waals surface area (Å²) in [5.41, 5.74) is 0.339. The van der Waals surface area contributed by atoms with E-state index in [0.29, 0.717) is 38.0 Å². The first kappa shape index (κ1) is 21.9. The molecule has 2 amide bonds. The molecule has 0 spiro atoms. The van der Waals surface area contributed by atoms with Crippen molar-refractivity contribution in [3.8, 4) is 5.75 Å². The maximum Gasteiger partial charge on any atom is 0.410 e. The van der Waals surface area contributed by atoms with Crippen molar-refractivity contribution in [2.45, 2.75) is 71.8 Å². The van der Waals surface area contributed by atoms with E-state index in [9.17, 15) is 19.7 Å². The van der Waals surface area contributed by atoms with Gasteiger partial charge in [0.05, 0.1) is 16.6 Å². The second-order valence-electron chi connectivity index (χ2n) is 9.03. The lowest BCUT2D eigenvalue weighted by molar-refractivity contribution is -0.386. The summed E-state index contributed by atoms with van der Waals surface area (Å²) >= 11 is 0. The molecule has 0 saturated carbocycles. The van der Waals surface area contributed by atoms with Crippen LogP contribution >= 0.6 is 0 Å². The summed E-state index contributed by atoms with van der Waals surface area (Å²) in [6.45, 7) is 10.5. The fourth-order valence-corrected chi connectivity index (χ4v) is 3.82. The van der Waals surface area contributed by atoms with Gasteiger partial charge in [-0.1, -0.05) is 0 Å². The second-order valence-corrected chi connectivity index (χ2v) is 9.03. The molecular formula is C21H29N3O6. The first-order valence-electron chi connectivity index (χ1n) is 10.2. The van der Waals surface area contributed by atoms with Crippen molar-refractivity contribution in [1.82, 2.24) is 9.80 Å². The zero-order chi connectivity index (χ0) is 22.2. The average Bonchev–Trinajstić information content (AvgIpc) is 2.95. The van der Waals surface area contributed by atoms with Crippen LogP contribution in [-0.4, -0.2) is 57.6 Å². The molecule has 2 aliphatic heterocycles. The van der Waals surface area contributed by atoms with E-state index in [1.54, 1.807) is 29.7 Å². The minimum atomic E-state index is -0.551. The molecule has 3 rings (SSSR count). The molecule has 2 aliphatic rings. The second kappa shape index (κ2) is 8.12. The monoisotopic (exact) mass is 419 g/mol. The Kier molecular flexibility index (Phi) is 5.92. The predicted molar refractivity (Wildman–Crippen MR) is 110 cm³/mol. The smallest absolute Gasteiger partial charge is 0.410 e. The Hall–Kier alpha value is -2.84. The fraction of sp³-hybridized carbons (Fsp3) is 0.619. The maximum atomic E-state index is 13.0. The van der Waals surface area contributed by atoms with Crippen LogP contribution in [0.4, 0.5) is 10.5 Å². The number of hydrogen-bond acceptors (Lipinski definition) is 6. The summed E-state index contributed by atoms with van der Waals surface area (Å²) in [5.74, 6) is -0.0249. The van der Waals surface area contributed by atoms with Crippen LogP contribution in [0.1, 0.15) is 63.4 Å². The van der Waals surface area contributed by atoms with Gasteiger partial charge in [-0.2, -0.15) is 0 Å². The first-order valence-corrected chi connectivity index (χ1v) is 10.2. The van der Waals surface area contributed by atoms with Gasteiger partial charge in [-0.15, -0.1) is 0 Å². The molecule has 1 fully saturated rings. The summed E-state index contributed by atoms with van der Waals surface area (Å²) < 4.78 is 11.0. The standard InChI is InChI=1S/C21H29N3O6/c1-13(2)29-18-10-14-12-23(19(25)16(14)11-17(18)24(27)28)15-6-8-22(9-7-15)20(26)30-21(3,4)5/h10-11,13,15H,6-9,12H2,1-5H3. The van der Waals surface area contributed by atoms with Crippen molar-refractivity contribution in [3.05, 3.63) is 33.4 Å². The van der Waals surface area contributed by atoms with Crippen LogP contribution in [0.25, 0.3) is 0 Å². The molecule has 30 heavy (non-hydrogen) atoms. The number of carbonyl (C=O) groups is 2. The molecule has 2 heterocycles. The third-order valence-electron chi connectivity index (χ3n) is 5.13. The number of carbonyl (C=O) groups excluding carboxylic acids is 2. The molecule has 9 heteroatoms. The highest BCUT2D eigenvalue weighted by molar-refractivity contribution is 5.99. The summed E-state index contributed by atoms with van der Waals surface area (Å²) in [6, 6.07) is 2.91. The van der Waals surface area contributed by atoms with E-state index in [2.05, 4.69) is 0 Å². The Morgan fingerprint density at radius 2 is 1.87 bits per heavy atom. The van der Waals surface area contributed by atoms with Gasteiger partial charge < -0.3 is 19.3 Å². The number of nitro benzene ring substituents is 1. The van der Waals surface area contributed by atoms with Crippen LogP contribution < -0.4 is 4.74 Å². The van der Waals surface area contributed by atoms with E-state index in [0.717, 1.165) is 5.56 Å². The highest BCUT2D eigenvalue weighted by Crippen LogP contribution is 2.37. The molecule has 0 bridgehead atoms. The Labute approximate surface area is 176 Å². The van der Waals surface area contributed by atoms with Gasteiger partial charge in [0, 0.05) is 31.7 Å². The molecule has 0 aromatic heterocycles. The van der Waals surface area contributed by atoms with Gasteiger partial charge in [-0.05, 0) is 59.1 Å². The normalized spacial score (nSPS) is 17.3. The van der Waals surface area contributed by atoms with Crippen LogP contribution in [-0.2, 0) is 11.3 Å². The van der Waals surface area contributed by atoms with Crippen LogP contribution in [0.5, 0.6) is 5.75 Å². The fourth-order valence-electron chi connectivity index (χ4n) is 3.82. The number of nitro groups is 1. The first-order chi connectivity index (χ1) is 14.0. The topological polar surface area (TPSA) is 102 Å². The summed E-state index contributed by atoms with van der Waals surface area (Å²) in [6.07, 6.45) is 0.711. The number of ether oxygens (including phenoxy) is 2. The number of rotatable bonds is 4. The van der Waals surface area contributed by atoms with Crippen LogP contribution in [0.2, 0.25) is 0 Å². The SMILES string of the molecule is CC(C)Oc1cc2c(cc1[N+](=O)[O-])C(=O)N(C1CCN(C(=O)OC(C)(C)C)CC1)C2. The third-order valence-corrected chi connectivity index (χ3v) is 5.13. The highest BCUT2D eigenvalue weighted by Gasteiger charge is 2.38. The molecule has 1 aromatic rings. The molecule has 9 nitrogen and oxygen atoms in total. The molecule has 0 aliphatic carbocycles. The molecule has 1 saturated heterocycles. The minimum Gasteiger partial charge on any atom is -0.484 e. The van der Waals surface area contributed by atoms with Crippen molar-refractivity contribution < 1.29 is 24.0 Å². The van der Waals surface area contributed by atoms with E-state index >= 15 is 0 Å². The van der Waals surface area contributed by atoms with E-state index in [4.69, 9.17) is 9.47 Å². The molecule has 0 N–H and O–H groups in total. The van der Waals surface area contributed by atoms with Gasteiger partial charge in [-0.25, -0.2) is 4.79 Å². The predicted octanol–water partition coefficient (Wildman–Crippen LogP) is 3.74. The van der Waals surface area contributed by atoms with Crippen LogP contribution in [0, 0.1) is 10.1 Å². The molecule has 0 unspecified atom stereocenters. The lowest BCUT2D eigenvalue weighted by atomic mass is 10.0. The number of piperidine rings is 1.